The first-order valence-electron chi connectivity index (χ1n) is 10.4. The third-order valence-corrected chi connectivity index (χ3v) is 4.74. The Balaban J connectivity index is 1.39. The summed E-state index contributed by atoms with van der Waals surface area (Å²) in [6.45, 7) is 2.26. The van der Waals surface area contributed by atoms with Gasteiger partial charge in [0.15, 0.2) is 11.7 Å². The van der Waals surface area contributed by atoms with Crippen molar-refractivity contribution in [3.8, 4) is 11.5 Å². The van der Waals surface area contributed by atoms with E-state index in [4.69, 9.17) is 21.7 Å². The molecule has 0 aromatic heterocycles. The Labute approximate surface area is 198 Å². The normalized spacial score (nSPS) is 10.1. The van der Waals surface area contributed by atoms with Crippen molar-refractivity contribution >= 4 is 29.1 Å². The van der Waals surface area contributed by atoms with Crippen molar-refractivity contribution < 1.29 is 19.1 Å². The minimum atomic E-state index is -0.444. The molecule has 0 atom stereocenters. The highest BCUT2D eigenvalue weighted by Crippen LogP contribution is 2.14. The summed E-state index contributed by atoms with van der Waals surface area (Å²) in [6, 6.07) is 24.1. The van der Waals surface area contributed by atoms with E-state index in [0.29, 0.717) is 23.7 Å². The molecule has 3 aromatic carbocycles. The number of hydrazine groups is 1. The van der Waals surface area contributed by atoms with Gasteiger partial charge in [0.1, 0.15) is 11.5 Å². The van der Waals surface area contributed by atoms with Crippen LogP contribution in [-0.4, -0.2) is 30.1 Å². The van der Waals surface area contributed by atoms with Crippen LogP contribution in [0.3, 0.4) is 0 Å². The predicted octanol–water partition coefficient (Wildman–Crippen LogP) is 3.33. The fourth-order valence-corrected chi connectivity index (χ4v) is 2.95. The lowest BCUT2D eigenvalue weighted by atomic mass is 10.2. The number of aryl methyl sites for hydroxylation is 1. The maximum absolute atomic E-state index is 12.5. The Morgan fingerprint density at radius 1 is 0.848 bits per heavy atom. The molecular formula is C25H25N3O4S. The van der Waals surface area contributed by atoms with Gasteiger partial charge < -0.3 is 9.47 Å². The van der Waals surface area contributed by atoms with E-state index in [-0.39, 0.29) is 11.7 Å². The highest BCUT2D eigenvalue weighted by Gasteiger charge is 2.10. The van der Waals surface area contributed by atoms with Crippen molar-refractivity contribution in [2.75, 3.05) is 13.2 Å². The maximum atomic E-state index is 12.5. The number of hydrogen-bond donors (Lipinski definition) is 3. The van der Waals surface area contributed by atoms with E-state index in [1.54, 1.807) is 36.4 Å². The van der Waals surface area contributed by atoms with E-state index >= 15 is 0 Å². The molecule has 3 rings (SSSR count). The fourth-order valence-electron chi connectivity index (χ4n) is 2.81. The van der Waals surface area contributed by atoms with Gasteiger partial charge in [-0.1, -0.05) is 54.1 Å². The van der Waals surface area contributed by atoms with Crippen molar-refractivity contribution in [1.82, 2.24) is 16.2 Å². The number of nitrogens with one attached hydrogen (secondary N) is 3. The minimum absolute atomic E-state index is 0.0425. The summed E-state index contributed by atoms with van der Waals surface area (Å²) in [4.78, 5) is 24.4. The minimum Gasteiger partial charge on any atom is -0.493 e. The first kappa shape index (κ1) is 23.7. The number of benzene rings is 3. The third-order valence-electron chi connectivity index (χ3n) is 4.53. The number of carbonyl (C=O) groups excluding carboxylic acids is 2. The van der Waals surface area contributed by atoms with Crippen LogP contribution in [0.4, 0.5) is 0 Å². The van der Waals surface area contributed by atoms with Crippen LogP contribution in [0.2, 0.25) is 0 Å². The molecular weight excluding hydrogens is 438 g/mol. The molecule has 0 aliphatic heterocycles. The summed E-state index contributed by atoms with van der Waals surface area (Å²) in [5.74, 6) is 0.295. The Hall–Kier alpha value is -3.91. The van der Waals surface area contributed by atoms with Crippen LogP contribution in [-0.2, 0) is 11.2 Å². The molecule has 8 heteroatoms. The van der Waals surface area contributed by atoms with Gasteiger partial charge in [-0.3, -0.25) is 25.8 Å². The van der Waals surface area contributed by atoms with Crippen LogP contribution >= 0.6 is 12.2 Å². The molecule has 2 amide bonds. The van der Waals surface area contributed by atoms with Gasteiger partial charge in [0.25, 0.3) is 11.8 Å². The second-order valence-electron chi connectivity index (χ2n) is 7.17. The van der Waals surface area contributed by atoms with Gasteiger partial charge in [-0.2, -0.15) is 0 Å². The smallest absolute Gasteiger partial charge is 0.276 e. The molecule has 0 spiro atoms. The van der Waals surface area contributed by atoms with Gasteiger partial charge in [-0.05, 0) is 55.0 Å². The van der Waals surface area contributed by atoms with Crippen molar-refractivity contribution in [3.05, 3.63) is 95.6 Å². The second-order valence-corrected chi connectivity index (χ2v) is 7.58. The molecule has 0 fully saturated rings. The van der Waals surface area contributed by atoms with Gasteiger partial charge >= 0.3 is 0 Å². The lowest BCUT2D eigenvalue weighted by molar-refractivity contribution is -0.123. The van der Waals surface area contributed by atoms with E-state index in [1.807, 2.05) is 49.4 Å². The summed E-state index contributed by atoms with van der Waals surface area (Å²) in [6.07, 6.45) is 0.762. The van der Waals surface area contributed by atoms with Gasteiger partial charge in [-0.15, -0.1) is 0 Å². The van der Waals surface area contributed by atoms with Crippen LogP contribution in [0.25, 0.3) is 0 Å². The standard InChI is InChI=1S/C25H25N3O4S/c1-18-10-12-21(13-11-18)32-17-23(29)27-28-25(33)26-24(30)20-8-5-9-22(16-20)31-15-14-19-6-3-2-4-7-19/h2-13,16H,14-15,17H2,1H3,(H,27,29)(H2,26,28,30,33). The largest absolute Gasteiger partial charge is 0.493 e. The van der Waals surface area contributed by atoms with Crippen LogP contribution in [0.1, 0.15) is 21.5 Å². The molecule has 3 N–H and O–H groups in total. The summed E-state index contributed by atoms with van der Waals surface area (Å²) in [5.41, 5.74) is 7.52. The maximum Gasteiger partial charge on any atom is 0.276 e. The van der Waals surface area contributed by atoms with Gasteiger partial charge in [-0.25, -0.2) is 0 Å². The summed E-state index contributed by atoms with van der Waals surface area (Å²) >= 11 is 5.07. The molecule has 0 saturated heterocycles. The molecule has 3 aromatic rings. The van der Waals surface area contributed by atoms with E-state index < -0.39 is 11.8 Å². The molecule has 33 heavy (non-hydrogen) atoms. The molecule has 0 aliphatic carbocycles. The lowest BCUT2D eigenvalue weighted by Gasteiger charge is -2.12. The van der Waals surface area contributed by atoms with E-state index in [9.17, 15) is 9.59 Å². The number of carbonyl (C=O) groups is 2. The predicted molar refractivity (Wildman–Crippen MR) is 130 cm³/mol. The Bertz CT molecular complexity index is 1090. The number of ether oxygens (including phenoxy) is 2. The SMILES string of the molecule is Cc1ccc(OCC(=O)NNC(=S)NC(=O)c2cccc(OCCc3ccccc3)c2)cc1. The average molecular weight is 464 g/mol. The number of rotatable bonds is 8. The molecule has 0 radical (unpaired) electrons. The zero-order chi connectivity index (χ0) is 23.5. The van der Waals surface area contributed by atoms with Crippen molar-refractivity contribution in [1.29, 1.82) is 0 Å². The molecule has 7 nitrogen and oxygen atoms in total. The van der Waals surface area contributed by atoms with Crippen LogP contribution in [0.5, 0.6) is 11.5 Å². The lowest BCUT2D eigenvalue weighted by Crippen LogP contribution is -2.49. The first-order chi connectivity index (χ1) is 16.0. The zero-order valence-corrected chi connectivity index (χ0v) is 19.0. The number of thiocarbonyl (C=S) groups is 1. The molecule has 0 saturated carbocycles. The van der Waals surface area contributed by atoms with Gasteiger partial charge in [0.2, 0.25) is 0 Å². The van der Waals surface area contributed by atoms with E-state index in [2.05, 4.69) is 16.2 Å². The number of hydrogen-bond acceptors (Lipinski definition) is 5. The molecule has 170 valence electrons. The summed E-state index contributed by atoms with van der Waals surface area (Å²) in [7, 11) is 0. The number of amides is 2. The average Bonchev–Trinajstić information content (AvgIpc) is 2.83. The van der Waals surface area contributed by atoms with Crippen LogP contribution < -0.4 is 25.6 Å². The fraction of sp³-hybridized carbons (Fsp3) is 0.160. The first-order valence-corrected chi connectivity index (χ1v) is 10.8. The topological polar surface area (TPSA) is 88.7 Å². The Morgan fingerprint density at radius 3 is 2.36 bits per heavy atom. The quantitative estimate of drug-likeness (QED) is 0.351. The second kappa shape index (κ2) is 12.2. The van der Waals surface area contributed by atoms with Crippen molar-refractivity contribution in [2.24, 2.45) is 0 Å². The van der Waals surface area contributed by atoms with Crippen LogP contribution in [0.15, 0.2) is 78.9 Å². The highest BCUT2D eigenvalue weighted by molar-refractivity contribution is 7.80. The van der Waals surface area contributed by atoms with Gasteiger partial charge in [0.05, 0.1) is 6.61 Å². The highest BCUT2D eigenvalue weighted by atomic mass is 32.1. The van der Waals surface area contributed by atoms with Crippen molar-refractivity contribution in [2.45, 2.75) is 13.3 Å². The van der Waals surface area contributed by atoms with Crippen molar-refractivity contribution in [3.63, 3.8) is 0 Å². The summed E-state index contributed by atoms with van der Waals surface area (Å²) in [5, 5.41) is 2.47. The Morgan fingerprint density at radius 2 is 1.61 bits per heavy atom. The monoisotopic (exact) mass is 463 g/mol. The third kappa shape index (κ3) is 8.27. The zero-order valence-electron chi connectivity index (χ0n) is 18.2. The molecule has 0 unspecified atom stereocenters. The van der Waals surface area contributed by atoms with Gasteiger partial charge in [0, 0.05) is 12.0 Å². The Kier molecular flexibility index (Phi) is 8.79. The molecule has 0 bridgehead atoms. The van der Waals surface area contributed by atoms with E-state index in [1.165, 1.54) is 5.56 Å². The van der Waals surface area contributed by atoms with Crippen LogP contribution in [0, 0.1) is 6.92 Å². The molecule has 0 aliphatic rings. The molecule has 0 heterocycles. The summed E-state index contributed by atoms with van der Waals surface area (Å²) < 4.78 is 11.1. The van der Waals surface area contributed by atoms with E-state index in [0.717, 1.165) is 12.0 Å².